The molecule has 0 aliphatic carbocycles. The molecule has 0 aromatic heterocycles. The summed E-state index contributed by atoms with van der Waals surface area (Å²) < 4.78 is 0. The second-order valence-corrected chi connectivity index (χ2v) is 5.43. The van der Waals surface area contributed by atoms with Crippen LogP contribution in [-0.4, -0.2) is 43.4 Å². The minimum Gasteiger partial charge on any atom is -0.545 e. The zero-order valence-corrected chi connectivity index (χ0v) is 12.8. The number of carboxylic acid groups (broad SMARTS) is 1. The third-order valence-corrected chi connectivity index (χ3v) is 3.89. The summed E-state index contributed by atoms with van der Waals surface area (Å²) in [6.07, 6.45) is 1.76. The number of hydrazone groups is 1. The van der Waals surface area contributed by atoms with Gasteiger partial charge in [0.2, 0.25) is 0 Å². The molecule has 0 amide bonds. The lowest BCUT2D eigenvalue weighted by atomic mass is 10.1. The summed E-state index contributed by atoms with van der Waals surface area (Å²) in [5.41, 5.74) is 2.30. The average molecular weight is 308 g/mol. The Morgan fingerprint density at radius 3 is 2.22 bits per heavy atom. The number of rotatable bonds is 4. The molecule has 5 heteroatoms. The fourth-order valence-electron chi connectivity index (χ4n) is 2.56. The molecule has 0 atom stereocenters. The average Bonchev–Trinajstić information content (AvgIpc) is 2.61. The predicted octanol–water partition coefficient (Wildman–Crippen LogP) is 1.21. The molecule has 0 spiro atoms. The molecular formula is C18H18N3O2-. The summed E-state index contributed by atoms with van der Waals surface area (Å²) in [4.78, 5) is 13.1. The molecule has 23 heavy (non-hydrogen) atoms. The Morgan fingerprint density at radius 1 is 0.957 bits per heavy atom. The third-order valence-electron chi connectivity index (χ3n) is 3.89. The topological polar surface area (TPSA) is 59.0 Å². The fourth-order valence-corrected chi connectivity index (χ4v) is 2.56. The van der Waals surface area contributed by atoms with Crippen LogP contribution in [-0.2, 0) is 0 Å². The van der Waals surface area contributed by atoms with E-state index in [2.05, 4.69) is 34.3 Å². The van der Waals surface area contributed by atoms with Crippen LogP contribution in [0, 0.1) is 0 Å². The zero-order chi connectivity index (χ0) is 16.1. The lowest BCUT2D eigenvalue weighted by Gasteiger charge is -2.34. The summed E-state index contributed by atoms with van der Waals surface area (Å²) in [5.74, 6) is -1.16. The highest BCUT2D eigenvalue weighted by Crippen LogP contribution is 2.15. The van der Waals surface area contributed by atoms with Crippen molar-refractivity contribution in [1.29, 1.82) is 0 Å². The Hall–Kier alpha value is -2.82. The molecule has 0 saturated carbocycles. The molecule has 1 heterocycles. The summed E-state index contributed by atoms with van der Waals surface area (Å²) in [7, 11) is 0. The first-order valence-electron chi connectivity index (χ1n) is 7.63. The van der Waals surface area contributed by atoms with E-state index in [0.29, 0.717) is 0 Å². The maximum atomic E-state index is 10.7. The quantitative estimate of drug-likeness (QED) is 0.797. The summed E-state index contributed by atoms with van der Waals surface area (Å²) in [6, 6.07) is 16.9. The second kappa shape index (κ2) is 6.96. The van der Waals surface area contributed by atoms with Crippen LogP contribution in [0.1, 0.15) is 15.9 Å². The van der Waals surface area contributed by atoms with Gasteiger partial charge in [0, 0.05) is 18.8 Å². The van der Waals surface area contributed by atoms with Gasteiger partial charge >= 0.3 is 0 Å². The predicted molar refractivity (Wildman–Crippen MR) is 88.6 cm³/mol. The van der Waals surface area contributed by atoms with Crippen LogP contribution in [0.15, 0.2) is 59.7 Å². The van der Waals surface area contributed by atoms with Crippen molar-refractivity contribution in [2.75, 3.05) is 31.1 Å². The van der Waals surface area contributed by atoms with E-state index in [4.69, 9.17) is 0 Å². The van der Waals surface area contributed by atoms with E-state index in [1.807, 2.05) is 11.1 Å². The number of anilines is 1. The molecule has 5 nitrogen and oxygen atoms in total. The number of aromatic carboxylic acids is 1. The first-order chi connectivity index (χ1) is 11.2. The number of carboxylic acids is 1. The smallest absolute Gasteiger partial charge is 0.0715 e. The van der Waals surface area contributed by atoms with E-state index in [1.54, 1.807) is 18.3 Å². The molecule has 2 aromatic carbocycles. The first-order valence-corrected chi connectivity index (χ1v) is 7.63. The van der Waals surface area contributed by atoms with E-state index in [-0.39, 0.29) is 5.56 Å². The number of hydrogen-bond acceptors (Lipinski definition) is 5. The van der Waals surface area contributed by atoms with Gasteiger partial charge < -0.3 is 14.8 Å². The normalized spacial score (nSPS) is 15.1. The summed E-state index contributed by atoms with van der Waals surface area (Å²) in [6.45, 7) is 3.60. The van der Waals surface area contributed by atoms with E-state index >= 15 is 0 Å². The fraction of sp³-hybridized carbons (Fsp3) is 0.222. The second-order valence-electron chi connectivity index (χ2n) is 5.43. The third kappa shape index (κ3) is 3.88. The number of piperazine rings is 1. The van der Waals surface area contributed by atoms with Crippen molar-refractivity contribution in [3.63, 3.8) is 0 Å². The van der Waals surface area contributed by atoms with Gasteiger partial charge in [-0.3, -0.25) is 5.01 Å². The van der Waals surface area contributed by atoms with Crippen molar-refractivity contribution < 1.29 is 9.90 Å². The van der Waals surface area contributed by atoms with E-state index < -0.39 is 5.97 Å². The van der Waals surface area contributed by atoms with E-state index in [1.165, 1.54) is 17.8 Å². The van der Waals surface area contributed by atoms with Gasteiger partial charge in [0.25, 0.3) is 0 Å². The van der Waals surface area contributed by atoms with Crippen LogP contribution in [0.25, 0.3) is 0 Å². The number of nitrogens with zero attached hydrogens (tertiary/aromatic N) is 3. The van der Waals surface area contributed by atoms with Crippen LogP contribution in [0.4, 0.5) is 5.69 Å². The number of carbonyl (C=O) groups is 1. The molecule has 1 saturated heterocycles. The largest absolute Gasteiger partial charge is 0.545 e. The monoisotopic (exact) mass is 308 g/mol. The number of carbonyl (C=O) groups excluding carboxylic acids is 1. The van der Waals surface area contributed by atoms with Gasteiger partial charge in [-0.2, -0.15) is 5.10 Å². The number of para-hydroxylation sites is 1. The van der Waals surface area contributed by atoms with Gasteiger partial charge in [-0.15, -0.1) is 0 Å². The highest BCUT2D eigenvalue weighted by Gasteiger charge is 2.15. The Labute approximate surface area is 135 Å². The van der Waals surface area contributed by atoms with Gasteiger partial charge in [-0.05, 0) is 23.3 Å². The number of benzene rings is 2. The number of hydrogen-bond donors (Lipinski definition) is 0. The van der Waals surface area contributed by atoms with Crippen LogP contribution in [0.2, 0.25) is 0 Å². The standard InChI is InChI=1S/C18H19N3O2/c22-18(23)16-8-6-15(7-9-16)14-19-21-12-10-20(11-13-21)17-4-2-1-3-5-17/h1-9,14H,10-13H2,(H,22,23)/p-1. The molecule has 2 aromatic rings. The summed E-state index contributed by atoms with van der Waals surface area (Å²) in [5, 5.41) is 17.2. The molecule has 3 rings (SSSR count). The van der Waals surface area contributed by atoms with E-state index in [0.717, 1.165) is 31.7 Å². The molecular weight excluding hydrogens is 290 g/mol. The maximum Gasteiger partial charge on any atom is 0.0715 e. The first kappa shape index (κ1) is 15.1. The Balaban J connectivity index is 1.55. The lowest BCUT2D eigenvalue weighted by Crippen LogP contribution is -2.44. The Bertz CT molecular complexity index is 675. The zero-order valence-electron chi connectivity index (χ0n) is 12.8. The molecule has 0 unspecified atom stereocenters. The summed E-state index contributed by atoms with van der Waals surface area (Å²) >= 11 is 0. The van der Waals surface area contributed by atoms with Crippen molar-refractivity contribution in [3.8, 4) is 0 Å². The minimum absolute atomic E-state index is 0.179. The Kier molecular flexibility index (Phi) is 4.57. The highest BCUT2D eigenvalue weighted by atomic mass is 16.4. The van der Waals surface area contributed by atoms with Crippen LogP contribution in [0.5, 0.6) is 0 Å². The molecule has 1 fully saturated rings. The lowest BCUT2D eigenvalue weighted by molar-refractivity contribution is -0.255. The highest BCUT2D eigenvalue weighted by molar-refractivity contribution is 5.87. The van der Waals surface area contributed by atoms with Gasteiger partial charge in [0.1, 0.15) is 0 Å². The van der Waals surface area contributed by atoms with Crippen LogP contribution in [0.3, 0.4) is 0 Å². The van der Waals surface area contributed by atoms with E-state index in [9.17, 15) is 9.90 Å². The van der Waals surface area contributed by atoms with Crippen molar-refractivity contribution in [3.05, 3.63) is 65.7 Å². The van der Waals surface area contributed by atoms with Gasteiger partial charge in [-0.1, -0.05) is 42.5 Å². The van der Waals surface area contributed by atoms with Crippen molar-refractivity contribution >= 4 is 17.9 Å². The SMILES string of the molecule is O=C([O-])c1ccc(C=NN2CCN(c3ccccc3)CC2)cc1. The van der Waals surface area contributed by atoms with Gasteiger partial charge in [-0.25, -0.2) is 0 Å². The van der Waals surface area contributed by atoms with Crippen molar-refractivity contribution in [2.24, 2.45) is 5.10 Å². The molecule has 0 bridgehead atoms. The Morgan fingerprint density at radius 2 is 1.61 bits per heavy atom. The van der Waals surface area contributed by atoms with Crippen molar-refractivity contribution in [2.45, 2.75) is 0 Å². The molecule has 1 aliphatic heterocycles. The molecule has 0 radical (unpaired) electrons. The van der Waals surface area contributed by atoms with Crippen LogP contribution >= 0.6 is 0 Å². The van der Waals surface area contributed by atoms with Crippen molar-refractivity contribution in [1.82, 2.24) is 5.01 Å². The molecule has 0 N–H and O–H groups in total. The van der Waals surface area contributed by atoms with Gasteiger partial charge in [0.05, 0.1) is 25.3 Å². The maximum absolute atomic E-state index is 10.7. The molecule has 118 valence electrons. The molecule has 1 aliphatic rings. The van der Waals surface area contributed by atoms with Gasteiger partial charge in [0.15, 0.2) is 0 Å². The van der Waals surface area contributed by atoms with Crippen LogP contribution < -0.4 is 10.0 Å². The minimum atomic E-state index is -1.16.